The van der Waals surface area contributed by atoms with Gasteiger partial charge in [0.05, 0.1) is 39.3 Å². The zero-order valence-electron chi connectivity index (χ0n) is 45.9. The predicted molar refractivity (Wildman–Crippen MR) is 283 cm³/mol. The van der Waals surface area contributed by atoms with Gasteiger partial charge >= 0.3 is 19.8 Å². The summed E-state index contributed by atoms with van der Waals surface area (Å²) in [7, 11) is -4.66. The minimum Gasteiger partial charge on any atom is -0.487 e. The predicted octanol–water partition coefficient (Wildman–Crippen LogP) is 14.5. The lowest BCUT2D eigenvalue weighted by atomic mass is 9.83. The number of hydrogen-bond donors (Lipinski definition) is 3. The zero-order valence-corrected chi connectivity index (χ0v) is 46.8. The molecule has 0 saturated heterocycles. The number of benzene rings is 1. The van der Waals surface area contributed by atoms with Crippen LogP contribution in [0, 0.1) is 38.5 Å². The molecule has 70 heavy (non-hydrogen) atoms. The molecule has 1 unspecified atom stereocenters. The molecule has 1 aromatic carbocycles. The van der Waals surface area contributed by atoms with E-state index in [0.29, 0.717) is 18.3 Å². The van der Waals surface area contributed by atoms with Gasteiger partial charge in [-0.05, 0) is 94.2 Å². The van der Waals surface area contributed by atoms with E-state index < -0.39 is 51.8 Å². The van der Waals surface area contributed by atoms with Crippen molar-refractivity contribution in [2.75, 3.05) is 33.0 Å². The second-order valence-electron chi connectivity index (χ2n) is 21.8. The summed E-state index contributed by atoms with van der Waals surface area (Å²) >= 11 is 0. The van der Waals surface area contributed by atoms with E-state index in [9.17, 15) is 24.2 Å². The van der Waals surface area contributed by atoms with Crippen molar-refractivity contribution in [3.8, 4) is 11.5 Å². The molecule has 13 heteroatoms. The van der Waals surface area contributed by atoms with Crippen LogP contribution in [0.1, 0.15) is 244 Å². The van der Waals surface area contributed by atoms with Crippen LogP contribution >= 0.6 is 7.82 Å². The van der Waals surface area contributed by atoms with Crippen LogP contribution in [0.2, 0.25) is 0 Å². The molecular weight excluding hydrogens is 908 g/mol. The van der Waals surface area contributed by atoms with E-state index >= 15 is 0 Å². The molecule has 12 nitrogen and oxygen atoms in total. The van der Waals surface area contributed by atoms with Crippen LogP contribution in [0.15, 0.2) is 0 Å². The number of fused-ring (bicyclic) bond motifs is 1. The largest absolute Gasteiger partial charge is 0.487 e. The number of carbonyl (C=O) groups excluding carboxylic acids is 2. The summed E-state index contributed by atoms with van der Waals surface area (Å²) in [5, 5.41) is 18.6. The minimum absolute atomic E-state index is 0.0977. The molecule has 0 radical (unpaired) electrons. The molecule has 0 bridgehead atoms. The summed E-state index contributed by atoms with van der Waals surface area (Å²) < 4.78 is 46.5. The van der Waals surface area contributed by atoms with Crippen molar-refractivity contribution in [1.82, 2.24) is 0 Å². The van der Waals surface area contributed by atoms with Crippen LogP contribution in [0.5, 0.6) is 11.5 Å². The number of unbranched alkanes of at least 4 members (excludes halogenated alkanes) is 15. The maximum atomic E-state index is 13.3. The van der Waals surface area contributed by atoms with Gasteiger partial charge in [0.1, 0.15) is 29.3 Å². The molecule has 0 fully saturated rings. The third kappa shape index (κ3) is 28.4. The van der Waals surface area contributed by atoms with Gasteiger partial charge in [0.25, 0.3) is 0 Å². The molecule has 1 heterocycles. The van der Waals surface area contributed by atoms with Crippen molar-refractivity contribution in [3.63, 3.8) is 0 Å². The highest BCUT2D eigenvalue weighted by Crippen LogP contribution is 2.46. The van der Waals surface area contributed by atoms with Crippen molar-refractivity contribution in [2.24, 2.45) is 17.8 Å². The number of aliphatic hydroxyl groups is 2. The normalized spacial score (nSPS) is 17.4. The van der Waals surface area contributed by atoms with Crippen molar-refractivity contribution < 1.29 is 57.3 Å². The van der Waals surface area contributed by atoms with E-state index in [0.717, 1.165) is 84.8 Å². The number of aliphatic hydroxyl groups excluding tert-OH is 2. The van der Waals surface area contributed by atoms with Gasteiger partial charge < -0.3 is 34.1 Å². The lowest BCUT2D eigenvalue weighted by Gasteiger charge is -2.38. The summed E-state index contributed by atoms with van der Waals surface area (Å²) in [6.45, 7) is 18.3. The van der Waals surface area contributed by atoms with Crippen molar-refractivity contribution in [3.05, 3.63) is 22.3 Å². The molecule has 0 saturated carbocycles. The van der Waals surface area contributed by atoms with Crippen molar-refractivity contribution in [1.29, 1.82) is 0 Å². The third-order valence-electron chi connectivity index (χ3n) is 14.4. The second-order valence-corrected chi connectivity index (χ2v) is 23.2. The van der Waals surface area contributed by atoms with Gasteiger partial charge in [0, 0.05) is 12.2 Å². The van der Waals surface area contributed by atoms with E-state index in [1.54, 1.807) is 0 Å². The Labute approximate surface area is 426 Å². The topological polar surface area (TPSA) is 167 Å². The molecule has 1 aliphatic rings. The van der Waals surface area contributed by atoms with Gasteiger partial charge in [0.2, 0.25) is 0 Å². The number of ether oxygens (including phenoxy) is 4. The monoisotopic (exact) mass is 1010 g/mol. The molecule has 1 aromatic rings. The Morgan fingerprint density at radius 1 is 0.671 bits per heavy atom. The van der Waals surface area contributed by atoms with Crippen LogP contribution in [-0.4, -0.2) is 77.9 Å². The molecule has 2 rings (SSSR count). The molecule has 0 amide bonds. The van der Waals surface area contributed by atoms with Gasteiger partial charge in [-0.2, -0.15) is 0 Å². The smallest absolute Gasteiger partial charge is 0.472 e. The fourth-order valence-electron chi connectivity index (χ4n) is 9.56. The molecule has 0 aromatic heterocycles. The minimum atomic E-state index is -4.66. The van der Waals surface area contributed by atoms with Gasteiger partial charge in [-0.1, -0.05) is 176 Å². The molecule has 0 spiro atoms. The molecule has 3 N–H and O–H groups in total. The molecule has 0 aliphatic carbocycles. The van der Waals surface area contributed by atoms with Crippen LogP contribution in [0.3, 0.4) is 0 Å². The van der Waals surface area contributed by atoms with E-state index in [1.165, 1.54) is 128 Å². The fourth-order valence-corrected chi connectivity index (χ4v) is 10.3. The highest BCUT2D eigenvalue weighted by molar-refractivity contribution is 7.47. The summed E-state index contributed by atoms with van der Waals surface area (Å²) in [5.41, 5.74) is 3.43. The average Bonchev–Trinajstić information content (AvgIpc) is 3.31. The van der Waals surface area contributed by atoms with Gasteiger partial charge in [0.15, 0.2) is 0 Å². The van der Waals surface area contributed by atoms with Crippen molar-refractivity contribution >= 4 is 19.8 Å². The van der Waals surface area contributed by atoms with Crippen molar-refractivity contribution in [2.45, 2.75) is 266 Å². The van der Waals surface area contributed by atoms with Gasteiger partial charge in [-0.15, -0.1) is 0 Å². The van der Waals surface area contributed by atoms with E-state index in [-0.39, 0.29) is 25.0 Å². The van der Waals surface area contributed by atoms with Gasteiger partial charge in [-0.3, -0.25) is 18.6 Å². The van der Waals surface area contributed by atoms with Gasteiger partial charge in [-0.25, -0.2) is 4.57 Å². The van der Waals surface area contributed by atoms with E-state index in [1.807, 2.05) is 20.8 Å². The number of phosphoric acid groups is 1. The maximum absolute atomic E-state index is 13.3. The summed E-state index contributed by atoms with van der Waals surface area (Å²) in [6.07, 6.45) is 30.1. The number of carbonyl (C=O) groups is 2. The Bertz CT molecular complexity index is 1620. The maximum Gasteiger partial charge on any atom is 0.472 e. The van der Waals surface area contributed by atoms with Crippen LogP contribution < -0.4 is 9.47 Å². The standard InChI is InChI=1S/C57H103O12P/c1-10-11-12-13-14-15-16-17-18-19-20-21-22-23-24-25-39-64-42-51(43-66-70(62,63)65-41-50(59)40-58)67-53(60)34-35-54(61)68-55-47(6)48(7)56-52(49(55)8)36-38-57(9,69-56)37-28-33-46(5)32-27-31-45(4)30-26-29-44(2)3/h44-46,50-51,58-59H,10-43H2,1-9H3,(H,62,63)/t45-,46-,50+,51-,57-/m1/s1. The Kier molecular flexibility index (Phi) is 33.7. The molecule has 1 aliphatic heterocycles. The first-order valence-corrected chi connectivity index (χ1v) is 29.6. The number of rotatable bonds is 43. The number of esters is 2. The van der Waals surface area contributed by atoms with E-state index in [2.05, 4.69) is 41.5 Å². The zero-order chi connectivity index (χ0) is 51.8. The number of hydrogen-bond acceptors (Lipinski definition) is 11. The van der Waals surface area contributed by atoms with Crippen LogP contribution in [0.25, 0.3) is 0 Å². The third-order valence-corrected chi connectivity index (χ3v) is 15.3. The van der Waals surface area contributed by atoms with E-state index in [4.69, 9.17) is 33.1 Å². The Hall–Kier alpha value is -2.05. The quantitative estimate of drug-likeness (QED) is 0.0246. The first kappa shape index (κ1) is 64.1. The van der Waals surface area contributed by atoms with Crippen LogP contribution in [-0.2, 0) is 39.1 Å². The first-order valence-electron chi connectivity index (χ1n) is 28.1. The lowest BCUT2D eigenvalue weighted by Crippen LogP contribution is -2.37. The highest BCUT2D eigenvalue weighted by atomic mass is 31.2. The molecular formula is C57H103O12P. The Balaban J connectivity index is 1.83. The Morgan fingerprint density at radius 2 is 1.19 bits per heavy atom. The van der Waals surface area contributed by atoms with Crippen LogP contribution in [0.4, 0.5) is 0 Å². The SMILES string of the molecule is CCCCCCCCCCCCCCCCCCOC[C@H](COP(=O)(O)OC[C@@H](O)CO)OC(=O)CCC(=O)Oc1c(C)c(C)c2c(c1C)CC[C@@](C)(CCC[C@H](C)CCC[C@H](C)CCCC(C)C)O2. The fraction of sp³-hybridized carbons (Fsp3) is 0.860. The first-order chi connectivity index (χ1) is 33.4. The molecule has 6 atom stereocenters. The lowest BCUT2D eigenvalue weighted by molar-refractivity contribution is -0.156. The Morgan fingerprint density at radius 3 is 1.74 bits per heavy atom. The highest BCUT2D eigenvalue weighted by Gasteiger charge is 2.35. The number of phosphoric ester groups is 1. The molecule has 408 valence electrons. The second kappa shape index (κ2) is 36.8. The average molecular weight is 1010 g/mol. The summed E-state index contributed by atoms with van der Waals surface area (Å²) in [6, 6.07) is 0. The summed E-state index contributed by atoms with van der Waals surface area (Å²) in [5.74, 6) is 2.38. The summed E-state index contributed by atoms with van der Waals surface area (Å²) in [4.78, 5) is 36.5.